The molecule has 1 aliphatic rings. The highest BCUT2D eigenvalue weighted by atomic mass is 32.2. The molecule has 0 bridgehead atoms. The summed E-state index contributed by atoms with van der Waals surface area (Å²) in [6, 6.07) is 7.76. The van der Waals surface area contributed by atoms with E-state index in [1.165, 1.54) is 22.4 Å². The van der Waals surface area contributed by atoms with Gasteiger partial charge in [-0.25, -0.2) is 13.1 Å². The molecule has 3 atom stereocenters. The second-order valence-corrected chi connectivity index (χ2v) is 12.7. The first-order valence-electron chi connectivity index (χ1n) is 12.3. The Morgan fingerprint density at radius 2 is 2.15 bits per heavy atom. The molecule has 4 rings (SSSR count). The number of amides is 2. The Morgan fingerprint density at radius 1 is 1.36 bits per heavy atom. The molecule has 0 radical (unpaired) electrons. The topological polar surface area (TPSA) is 160 Å². The van der Waals surface area contributed by atoms with Gasteiger partial charge in [0.25, 0.3) is 10.0 Å². The quantitative estimate of drug-likeness (QED) is 0.376. The molecule has 39 heavy (non-hydrogen) atoms. The molecule has 1 aliphatic heterocycles. The minimum atomic E-state index is -3.73. The Hall–Kier alpha value is -3.40. The second-order valence-electron chi connectivity index (χ2n) is 9.48. The predicted octanol–water partition coefficient (Wildman–Crippen LogP) is 0.843. The maximum Gasteiger partial charge on any atom is 0.252 e. The van der Waals surface area contributed by atoms with E-state index < -0.39 is 22.2 Å². The Kier molecular flexibility index (Phi) is 8.94. The monoisotopic (exact) mass is 577 g/mol. The van der Waals surface area contributed by atoms with Crippen LogP contribution in [0.5, 0.6) is 5.75 Å². The Labute approximate surface area is 230 Å². The van der Waals surface area contributed by atoms with E-state index in [0.29, 0.717) is 17.0 Å². The van der Waals surface area contributed by atoms with E-state index >= 15 is 0 Å². The smallest absolute Gasteiger partial charge is 0.252 e. The number of thiophene rings is 1. The van der Waals surface area contributed by atoms with Gasteiger partial charge in [-0.1, -0.05) is 13.0 Å². The fourth-order valence-corrected chi connectivity index (χ4v) is 6.63. The lowest BCUT2D eigenvalue weighted by molar-refractivity contribution is -0.134. The van der Waals surface area contributed by atoms with Crippen molar-refractivity contribution in [2.45, 2.75) is 43.2 Å². The number of rotatable bonds is 9. The van der Waals surface area contributed by atoms with Crippen molar-refractivity contribution in [2.24, 2.45) is 5.92 Å². The maximum absolute atomic E-state index is 13.4. The van der Waals surface area contributed by atoms with Crippen LogP contribution in [0.4, 0.5) is 5.69 Å². The van der Waals surface area contributed by atoms with Gasteiger partial charge in [0, 0.05) is 30.8 Å². The lowest BCUT2D eigenvalue weighted by atomic mass is 10.0. The van der Waals surface area contributed by atoms with Crippen LogP contribution in [0.15, 0.2) is 46.2 Å². The fourth-order valence-electron chi connectivity index (χ4n) is 4.24. The lowest BCUT2D eigenvalue weighted by Gasteiger charge is -2.33. The molecule has 210 valence electrons. The maximum atomic E-state index is 13.4. The van der Waals surface area contributed by atoms with Crippen LogP contribution in [0.3, 0.4) is 0 Å². The molecule has 1 aromatic carbocycles. The SMILES string of the molecule is C[C@H]1CN([C@@H](C)CO)C(=O)Cc2cc(NC(=O)Cn3cnnn3)ccc2O[C@@H]1CN(C)S(=O)(=O)c1cccs1. The van der Waals surface area contributed by atoms with Crippen molar-refractivity contribution in [3.8, 4) is 5.75 Å². The van der Waals surface area contributed by atoms with Gasteiger partial charge < -0.3 is 20.1 Å². The number of benzene rings is 1. The van der Waals surface area contributed by atoms with E-state index in [1.807, 2.05) is 6.92 Å². The molecule has 0 spiro atoms. The predicted molar refractivity (Wildman–Crippen MR) is 143 cm³/mol. The number of carbonyl (C=O) groups excluding carboxylic acids is 2. The number of hydrogen-bond donors (Lipinski definition) is 2. The number of carbonyl (C=O) groups is 2. The van der Waals surface area contributed by atoms with Crippen molar-refractivity contribution in [1.82, 2.24) is 29.4 Å². The normalized spacial score (nSPS) is 19.0. The van der Waals surface area contributed by atoms with Gasteiger partial charge in [0.1, 0.15) is 28.9 Å². The van der Waals surface area contributed by atoms with Gasteiger partial charge >= 0.3 is 0 Å². The van der Waals surface area contributed by atoms with E-state index in [4.69, 9.17) is 4.74 Å². The number of aliphatic hydroxyl groups is 1. The number of aromatic nitrogens is 4. The number of hydrogen-bond acceptors (Lipinski definition) is 10. The fraction of sp³-hybridized carbons (Fsp3) is 0.458. The zero-order valence-corrected chi connectivity index (χ0v) is 23.4. The highest BCUT2D eigenvalue weighted by Crippen LogP contribution is 2.30. The number of likely N-dealkylation sites (N-methyl/N-ethyl adjacent to an activating group) is 1. The van der Waals surface area contributed by atoms with E-state index in [9.17, 15) is 23.1 Å². The average Bonchev–Trinajstić information content (AvgIpc) is 3.62. The molecule has 13 nitrogen and oxygen atoms in total. The zero-order chi connectivity index (χ0) is 28.2. The van der Waals surface area contributed by atoms with E-state index in [2.05, 4.69) is 20.8 Å². The van der Waals surface area contributed by atoms with Gasteiger partial charge in [-0.2, -0.15) is 4.31 Å². The van der Waals surface area contributed by atoms with Crippen molar-refractivity contribution < 1.29 is 27.9 Å². The molecule has 2 aromatic heterocycles. The molecule has 2 N–H and O–H groups in total. The first-order chi connectivity index (χ1) is 18.6. The Bertz CT molecular complexity index is 1380. The molecular formula is C24H31N7O6S2. The summed E-state index contributed by atoms with van der Waals surface area (Å²) in [6.07, 6.45) is 0.686. The second kappa shape index (κ2) is 12.2. The van der Waals surface area contributed by atoms with Crippen LogP contribution in [0, 0.1) is 5.92 Å². The summed E-state index contributed by atoms with van der Waals surface area (Å²) in [7, 11) is -2.22. The summed E-state index contributed by atoms with van der Waals surface area (Å²) in [4.78, 5) is 27.4. The van der Waals surface area contributed by atoms with Gasteiger partial charge in [0.2, 0.25) is 11.8 Å². The van der Waals surface area contributed by atoms with Crippen molar-refractivity contribution in [3.05, 3.63) is 47.6 Å². The van der Waals surface area contributed by atoms with Crippen molar-refractivity contribution in [3.63, 3.8) is 0 Å². The summed E-state index contributed by atoms with van der Waals surface area (Å²) in [5.41, 5.74) is 0.976. The van der Waals surface area contributed by atoms with E-state index in [1.54, 1.807) is 47.5 Å². The number of tetrazole rings is 1. The molecule has 0 unspecified atom stereocenters. The third-order valence-electron chi connectivity index (χ3n) is 6.49. The number of aliphatic hydroxyl groups excluding tert-OH is 1. The van der Waals surface area contributed by atoms with Gasteiger partial charge in [0.15, 0.2) is 0 Å². The molecule has 0 fully saturated rings. The molecular weight excluding hydrogens is 546 g/mol. The number of nitrogens with zero attached hydrogens (tertiary/aromatic N) is 6. The minimum absolute atomic E-state index is 0.0286. The largest absolute Gasteiger partial charge is 0.488 e. The zero-order valence-electron chi connectivity index (χ0n) is 21.8. The minimum Gasteiger partial charge on any atom is -0.488 e. The Morgan fingerprint density at radius 3 is 2.82 bits per heavy atom. The molecule has 0 saturated carbocycles. The third kappa shape index (κ3) is 6.79. The molecule has 15 heteroatoms. The van der Waals surface area contributed by atoms with Crippen LogP contribution in [0.1, 0.15) is 19.4 Å². The molecule has 0 saturated heterocycles. The average molecular weight is 578 g/mol. The number of ether oxygens (including phenoxy) is 1. The van der Waals surface area contributed by atoms with Crippen molar-refractivity contribution in [2.75, 3.05) is 32.1 Å². The summed E-state index contributed by atoms with van der Waals surface area (Å²) >= 11 is 1.14. The van der Waals surface area contributed by atoms with Crippen LogP contribution in [-0.2, 0) is 32.6 Å². The standard InChI is InChI=1S/C24H31N7O6S2/c1-16-11-31(17(2)14-32)23(34)10-18-9-19(26-22(33)13-30-15-25-27-28-30)6-7-20(18)37-21(16)12-29(3)39(35,36)24-5-4-8-38-24/h4-9,15-17,21,32H,10-14H2,1-3H3,(H,26,33)/t16-,17-,21+/m0/s1. The number of sulfonamides is 1. The van der Waals surface area contributed by atoms with Crippen molar-refractivity contribution in [1.29, 1.82) is 0 Å². The first-order valence-corrected chi connectivity index (χ1v) is 14.6. The number of nitrogens with one attached hydrogen (secondary N) is 1. The van der Waals surface area contributed by atoms with Crippen LogP contribution >= 0.6 is 11.3 Å². The molecule has 3 aromatic rings. The first kappa shape index (κ1) is 28.6. The summed E-state index contributed by atoms with van der Waals surface area (Å²) in [5.74, 6) is -0.435. The number of anilines is 1. The van der Waals surface area contributed by atoms with Crippen LogP contribution in [0.25, 0.3) is 0 Å². The van der Waals surface area contributed by atoms with Crippen LogP contribution in [0.2, 0.25) is 0 Å². The molecule has 2 amide bonds. The van der Waals surface area contributed by atoms with Crippen LogP contribution < -0.4 is 10.1 Å². The van der Waals surface area contributed by atoms with Gasteiger partial charge in [-0.15, -0.1) is 16.4 Å². The highest BCUT2D eigenvalue weighted by Gasteiger charge is 2.33. The number of fused-ring (bicyclic) bond motifs is 1. The van der Waals surface area contributed by atoms with E-state index in [-0.39, 0.29) is 54.6 Å². The van der Waals surface area contributed by atoms with Crippen LogP contribution in [-0.4, -0.2) is 93.6 Å². The van der Waals surface area contributed by atoms with Gasteiger partial charge in [0.05, 0.1) is 25.6 Å². The lowest BCUT2D eigenvalue weighted by Crippen LogP contribution is -2.48. The van der Waals surface area contributed by atoms with Gasteiger partial charge in [-0.3, -0.25) is 9.59 Å². The summed E-state index contributed by atoms with van der Waals surface area (Å²) in [5, 5.41) is 25.0. The molecule has 3 heterocycles. The van der Waals surface area contributed by atoms with Crippen molar-refractivity contribution >= 4 is 38.9 Å². The molecule has 0 aliphatic carbocycles. The third-order valence-corrected chi connectivity index (χ3v) is 9.69. The highest BCUT2D eigenvalue weighted by molar-refractivity contribution is 7.91. The summed E-state index contributed by atoms with van der Waals surface area (Å²) < 4.78 is 35.3. The Balaban J connectivity index is 1.62. The van der Waals surface area contributed by atoms with Gasteiger partial charge in [-0.05, 0) is 47.0 Å². The van der Waals surface area contributed by atoms with E-state index in [0.717, 1.165) is 11.3 Å². The summed E-state index contributed by atoms with van der Waals surface area (Å²) in [6.45, 7) is 3.63.